The summed E-state index contributed by atoms with van der Waals surface area (Å²) >= 11 is 0. The molecule has 1 atom stereocenters. The van der Waals surface area contributed by atoms with Crippen molar-refractivity contribution in [3.63, 3.8) is 0 Å². The molecule has 2 rings (SSSR count). The molecule has 0 spiro atoms. The first-order valence-corrected chi connectivity index (χ1v) is 6.86. The smallest absolute Gasteiger partial charge is 0.328 e. The molecule has 2 heterocycles. The van der Waals surface area contributed by atoms with Crippen molar-refractivity contribution in [1.82, 2.24) is 19.8 Å². The minimum absolute atomic E-state index is 0. The summed E-state index contributed by atoms with van der Waals surface area (Å²) < 4.78 is 0.921. The van der Waals surface area contributed by atoms with Gasteiger partial charge in [0, 0.05) is 32.4 Å². The third-order valence-corrected chi connectivity index (χ3v) is 3.61. The van der Waals surface area contributed by atoms with E-state index < -0.39 is 11.2 Å². The number of nitrogens with zero attached hydrogens (tertiary/aromatic N) is 2. The van der Waals surface area contributed by atoms with Crippen LogP contribution in [0.2, 0.25) is 0 Å². The van der Waals surface area contributed by atoms with E-state index in [-0.39, 0.29) is 29.9 Å². The van der Waals surface area contributed by atoms with Crippen molar-refractivity contribution in [1.29, 1.82) is 0 Å². The van der Waals surface area contributed by atoms with E-state index in [9.17, 15) is 14.4 Å². The van der Waals surface area contributed by atoms with Crippen LogP contribution in [-0.2, 0) is 7.05 Å². The Balaban J connectivity index is 0.00000220. The van der Waals surface area contributed by atoms with Crippen LogP contribution in [0, 0.1) is 0 Å². The fourth-order valence-corrected chi connectivity index (χ4v) is 2.47. The van der Waals surface area contributed by atoms with Crippen molar-refractivity contribution in [3.05, 3.63) is 32.6 Å². The van der Waals surface area contributed by atoms with Crippen molar-refractivity contribution in [2.24, 2.45) is 7.05 Å². The highest BCUT2D eigenvalue weighted by Crippen LogP contribution is 2.12. The fourth-order valence-electron chi connectivity index (χ4n) is 2.47. The molecular weight excluding hydrogens is 296 g/mol. The Labute approximate surface area is 128 Å². The monoisotopic (exact) mass is 316 g/mol. The Morgan fingerprint density at radius 1 is 1.48 bits per heavy atom. The van der Waals surface area contributed by atoms with Crippen LogP contribution in [0.1, 0.15) is 30.1 Å². The molecule has 0 aromatic carbocycles. The van der Waals surface area contributed by atoms with E-state index >= 15 is 0 Å². The molecule has 1 unspecified atom stereocenters. The van der Waals surface area contributed by atoms with Gasteiger partial charge in [-0.3, -0.25) is 14.2 Å². The van der Waals surface area contributed by atoms with Crippen LogP contribution < -0.4 is 16.6 Å². The number of H-pyrrole nitrogens is 1. The highest BCUT2D eigenvalue weighted by molar-refractivity contribution is 5.93. The quantitative estimate of drug-likeness (QED) is 0.799. The summed E-state index contributed by atoms with van der Waals surface area (Å²) in [5, 5.41) is 3.22. The molecule has 1 fully saturated rings. The van der Waals surface area contributed by atoms with Gasteiger partial charge in [0.2, 0.25) is 0 Å². The molecule has 1 amide bonds. The number of aromatic nitrogens is 2. The number of rotatable bonds is 4. The normalized spacial score (nSPS) is 17.3. The van der Waals surface area contributed by atoms with E-state index in [1.807, 2.05) is 6.92 Å². The van der Waals surface area contributed by atoms with E-state index in [0.717, 1.165) is 30.5 Å². The lowest BCUT2D eigenvalue weighted by atomic mass is 10.1. The molecule has 1 aromatic heterocycles. The Morgan fingerprint density at radius 2 is 2.19 bits per heavy atom. The van der Waals surface area contributed by atoms with Gasteiger partial charge in [0.05, 0.1) is 0 Å². The topological polar surface area (TPSA) is 87.2 Å². The molecule has 7 nitrogen and oxygen atoms in total. The molecule has 2 N–H and O–H groups in total. The molecular formula is C13H21ClN4O3. The Hall–Kier alpha value is -1.60. The van der Waals surface area contributed by atoms with Crippen LogP contribution >= 0.6 is 12.4 Å². The van der Waals surface area contributed by atoms with Crippen LogP contribution in [0.5, 0.6) is 0 Å². The van der Waals surface area contributed by atoms with Crippen LogP contribution in [-0.4, -0.2) is 46.0 Å². The lowest BCUT2D eigenvalue weighted by Crippen LogP contribution is -2.46. The molecule has 1 aliphatic heterocycles. The molecule has 118 valence electrons. The lowest BCUT2D eigenvalue weighted by molar-refractivity contribution is 0.0689. The van der Waals surface area contributed by atoms with E-state index in [1.54, 1.807) is 4.90 Å². The maximum absolute atomic E-state index is 12.6. The van der Waals surface area contributed by atoms with Crippen LogP contribution in [0.25, 0.3) is 0 Å². The maximum atomic E-state index is 12.6. The number of halogens is 1. The molecule has 21 heavy (non-hydrogen) atoms. The van der Waals surface area contributed by atoms with E-state index in [2.05, 4.69) is 10.3 Å². The number of aromatic amines is 1. The third-order valence-electron chi connectivity index (χ3n) is 3.61. The minimum Gasteiger partial charge on any atom is -0.334 e. The largest absolute Gasteiger partial charge is 0.334 e. The van der Waals surface area contributed by atoms with E-state index in [1.165, 1.54) is 13.2 Å². The van der Waals surface area contributed by atoms with Gasteiger partial charge in [-0.1, -0.05) is 6.92 Å². The SMILES string of the molecule is CCCN(C(=O)c1c[nH]c(=O)n(C)c1=O)C1CCNC1.Cl. The third kappa shape index (κ3) is 3.54. The summed E-state index contributed by atoms with van der Waals surface area (Å²) in [5.41, 5.74) is -1.05. The average molecular weight is 317 g/mol. The first kappa shape index (κ1) is 17.5. The second-order valence-corrected chi connectivity index (χ2v) is 5.02. The summed E-state index contributed by atoms with van der Waals surface area (Å²) in [7, 11) is 1.36. The molecule has 0 radical (unpaired) electrons. The second-order valence-electron chi connectivity index (χ2n) is 5.02. The first-order chi connectivity index (χ1) is 9.56. The van der Waals surface area contributed by atoms with Crippen molar-refractivity contribution in [3.8, 4) is 0 Å². The number of hydrogen-bond donors (Lipinski definition) is 2. The van der Waals surface area contributed by atoms with Crippen molar-refractivity contribution >= 4 is 18.3 Å². The fraction of sp³-hybridized carbons (Fsp3) is 0.615. The van der Waals surface area contributed by atoms with Gasteiger partial charge < -0.3 is 15.2 Å². The van der Waals surface area contributed by atoms with E-state index in [0.29, 0.717) is 6.54 Å². The average Bonchev–Trinajstić information content (AvgIpc) is 2.95. The Kier molecular flexibility index (Phi) is 6.17. The maximum Gasteiger partial charge on any atom is 0.328 e. The van der Waals surface area contributed by atoms with Gasteiger partial charge in [0.15, 0.2) is 0 Å². The van der Waals surface area contributed by atoms with Gasteiger partial charge in [-0.25, -0.2) is 4.79 Å². The number of nitrogens with one attached hydrogen (secondary N) is 2. The molecule has 0 saturated carbocycles. The van der Waals surface area contributed by atoms with Gasteiger partial charge in [0.1, 0.15) is 5.56 Å². The Morgan fingerprint density at radius 3 is 2.76 bits per heavy atom. The molecule has 1 aliphatic rings. The molecule has 1 aromatic rings. The zero-order chi connectivity index (χ0) is 14.7. The van der Waals surface area contributed by atoms with Crippen molar-refractivity contribution in [2.75, 3.05) is 19.6 Å². The molecule has 0 bridgehead atoms. The zero-order valence-electron chi connectivity index (χ0n) is 12.2. The molecule has 1 saturated heterocycles. The van der Waals surface area contributed by atoms with Crippen molar-refractivity contribution in [2.45, 2.75) is 25.8 Å². The van der Waals surface area contributed by atoms with E-state index in [4.69, 9.17) is 0 Å². The van der Waals surface area contributed by atoms with Gasteiger partial charge in [-0.05, 0) is 19.4 Å². The standard InChI is InChI=1S/C13H20N4O3.ClH/c1-3-6-17(9-4-5-14-7-9)12(19)10-8-15-13(20)16(2)11(10)18;/h8-9,14H,3-7H2,1-2H3,(H,15,20);1H. The summed E-state index contributed by atoms with van der Waals surface area (Å²) in [6, 6.07) is 0.110. The van der Waals surface area contributed by atoms with Crippen LogP contribution in [0.3, 0.4) is 0 Å². The number of carbonyl (C=O) groups excluding carboxylic acids is 1. The predicted octanol–water partition coefficient (Wildman–Crippen LogP) is -0.290. The highest BCUT2D eigenvalue weighted by atomic mass is 35.5. The summed E-state index contributed by atoms with van der Waals surface area (Å²) in [4.78, 5) is 40.1. The minimum atomic E-state index is -0.550. The van der Waals surface area contributed by atoms with Gasteiger partial charge in [-0.2, -0.15) is 0 Å². The molecule has 8 heteroatoms. The zero-order valence-corrected chi connectivity index (χ0v) is 13.0. The van der Waals surface area contributed by atoms with Gasteiger partial charge in [0.25, 0.3) is 11.5 Å². The number of hydrogen-bond acceptors (Lipinski definition) is 4. The highest BCUT2D eigenvalue weighted by Gasteiger charge is 2.28. The number of amides is 1. The van der Waals surface area contributed by atoms with Gasteiger partial charge in [-0.15, -0.1) is 12.4 Å². The van der Waals surface area contributed by atoms with Crippen LogP contribution in [0.15, 0.2) is 15.8 Å². The van der Waals surface area contributed by atoms with Gasteiger partial charge >= 0.3 is 5.69 Å². The first-order valence-electron chi connectivity index (χ1n) is 6.86. The predicted molar refractivity (Wildman–Crippen MR) is 82.2 cm³/mol. The summed E-state index contributed by atoms with van der Waals surface area (Å²) in [5.74, 6) is -0.308. The summed E-state index contributed by atoms with van der Waals surface area (Å²) in [6.07, 6.45) is 2.93. The summed E-state index contributed by atoms with van der Waals surface area (Å²) in [6.45, 7) is 4.22. The lowest BCUT2D eigenvalue weighted by Gasteiger charge is -2.28. The van der Waals surface area contributed by atoms with Crippen molar-refractivity contribution < 1.29 is 4.79 Å². The van der Waals surface area contributed by atoms with Crippen LogP contribution in [0.4, 0.5) is 0 Å². The number of carbonyl (C=O) groups is 1. The second kappa shape index (κ2) is 7.42. The molecule has 0 aliphatic carbocycles. The Bertz CT molecular complexity index is 604.